The number of hydrogen-bond donors (Lipinski definition) is 1. The molecule has 0 radical (unpaired) electrons. The van der Waals surface area contributed by atoms with Crippen LogP contribution in [-0.4, -0.2) is 48.9 Å². The van der Waals surface area contributed by atoms with Crippen LogP contribution in [-0.2, 0) is 9.47 Å². The Balaban J connectivity index is 1.95. The molecular weight excluding hydrogens is 200 g/mol. The zero-order valence-corrected chi connectivity index (χ0v) is 8.19. The van der Waals surface area contributed by atoms with Crippen LogP contribution in [0, 0.1) is 0 Å². The van der Waals surface area contributed by atoms with E-state index in [1.54, 1.807) is 0 Å². The van der Waals surface area contributed by atoms with Crippen LogP contribution in [0.3, 0.4) is 0 Å². The third kappa shape index (κ3) is 1.68. The number of nitrogens with zero attached hydrogens (tertiary/aromatic N) is 1. The molecule has 0 bridgehead atoms. The highest BCUT2D eigenvalue weighted by Gasteiger charge is 2.52. The summed E-state index contributed by atoms with van der Waals surface area (Å²) in [5.74, 6) is 0. The van der Waals surface area contributed by atoms with Gasteiger partial charge in [-0.1, -0.05) is 12.7 Å². The number of hydrogen-bond acceptors (Lipinski definition) is 5. The second-order valence-electron chi connectivity index (χ2n) is 3.61. The van der Waals surface area contributed by atoms with Crippen molar-refractivity contribution in [2.24, 2.45) is 0 Å². The van der Waals surface area contributed by atoms with Crippen molar-refractivity contribution in [3.63, 3.8) is 0 Å². The number of ether oxygens (including phenoxy) is 2. The highest BCUT2D eigenvalue weighted by Crippen LogP contribution is 2.26. The van der Waals surface area contributed by atoms with E-state index >= 15 is 0 Å². The van der Waals surface area contributed by atoms with E-state index in [4.69, 9.17) is 9.47 Å². The van der Waals surface area contributed by atoms with Crippen LogP contribution >= 0.6 is 0 Å². The molecule has 0 aliphatic carbocycles. The molecule has 2 amide bonds. The Hall–Kier alpha value is -1.56. The van der Waals surface area contributed by atoms with E-state index in [2.05, 4.69) is 11.9 Å². The van der Waals surface area contributed by atoms with E-state index < -0.39 is 17.8 Å². The van der Waals surface area contributed by atoms with E-state index in [1.165, 1.54) is 6.08 Å². The molecule has 0 saturated carbocycles. The normalized spacial score (nSPS) is 22.1. The monoisotopic (exact) mass is 212 g/mol. The summed E-state index contributed by atoms with van der Waals surface area (Å²) >= 11 is 0. The van der Waals surface area contributed by atoms with E-state index in [0.29, 0.717) is 13.1 Å². The molecule has 6 nitrogen and oxygen atoms in total. The minimum absolute atomic E-state index is 0.0911. The predicted molar refractivity (Wildman–Crippen MR) is 50.3 cm³/mol. The fourth-order valence-corrected chi connectivity index (χ4v) is 1.56. The van der Waals surface area contributed by atoms with Gasteiger partial charge in [-0.05, 0) is 0 Å². The standard InChI is InChI=1S/C9H12N2O4/c1-2-3-14-7(12)11-6-9(4-10-5-9)15-8(11)13/h2,10H,1,3-6H2. The summed E-state index contributed by atoms with van der Waals surface area (Å²) < 4.78 is 9.85. The van der Waals surface area contributed by atoms with Crippen molar-refractivity contribution in [2.75, 3.05) is 26.2 Å². The topological polar surface area (TPSA) is 67.9 Å². The lowest BCUT2D eigenvalue weighted by atomic mass is 9.98. The van der Waals surface area contributed by atoms with Crippen molar-refractivity contribution in [2.45, 2.75) is 5.60 Å². The highest BCUT2D eigenvalue weighted by atomic mass is 16.6. The van der Waals surface area contributed by atoms with Gasteiger partial charge in [-0.3, -0.25) is 0 Å². The van der Waals surface area contributed by atoms with Crippen LogP contribution in [0.2, 0.25) is 0 Å². The van der Waals surface area contributed by atoms with Crippen LogP contribution in [0.5, 0.6) is 0 Å². The molecule has 0 unspecified atom stereocenters. The third-order valence-corrected chi connectivity index (χ3v) is 2.41. The Labute approximate surface area is 86.8 Å². The maximum atomic E-state index is 11.4. The first-order valence-electron chi connectivity index (χ1n) is 4.66. The number of imide groups is 1. The zero-order chi connectivity index (χ0) is 10.9. The fraction of sp³-hybridized carbons (Fsp3) is 0.556. The lowest BCUT2D eigenvalue weighted by molar-refractivity contribution is 0.0140. The summed E-state index contributed by atoms with van der Waals surface area (Å²) in [5, 5.41) is 2.99. The molecule has 2 aliphatic heterocycles. The Morgan fingerprint density at radius 1 is 1.73 bits per heavy atom. The second kappa shape index (κ2) is 3.54. The molecule has 2 heterocycles. The SMILES string of the molecule is C=CCOC(=O)N1CC2(CNC2)OC1=O. The van der Waals surface area contributed by atoms with Crippen molar-refractivity contribution < 1.29 is 19.1 Å². The van der Waals surface area contributed by atoms with Gasteiger partial charge in [0.2, 0.25) is 0 Å². The maximum Gasteiger partial charge on any atom is 0.420 e. The average Bonchev–Trinajstić information content (AvgIpc) is 2.52. The third-order valence-electron chi connectivity index (χ3n) is 2.41. The molecular formula is C9H12N2O4. The minimum Gasteiger partial charge on any atom is -0.445 e. The largest absolute Gasteiger partial charge is 0.445 e. The molecule has 0 aromatic heterocycles. The molecule has 82 valence electrons. The fourth-order valence-electron chi connectivity index (χ4n) is 1.56. The van der Waals surface area contributed by atoms with Crippen LogP contribution < -0.4 is 5.32 Å². The number of nitrogens with one attached hydrogen (secondary N) is 1. The van der Waals surface area contributed by atoms with Gasteiger partial charge in [-0.15, -0.1) is 0 Å². The van der Waals surface area contributed by atoms with Crippen molar-refractivity contribution >= 4 is 12.2 Å². The quantitative estimate of drug-likeness (QED) is 0.658. The summed E-state index contributed by atoms with van der Waals surface area (Å²) in [7, 11) is 0. The molecule has 1 spiro atoms. The molecule has 6 heteroatoms. The van der Waals surface area contributed by atoms with Gasteiger partial charge in [0.05, 0.1) is 6.54 Å². The van der Waals surface area contributed by atoms with Crippen LogP contribution in [0.15, 0.2) is 12.7 Å². The Bertz CT molecular complexity index is 311. The summed E-state index contributed by atoms with van der Waals surface area (Å²) in [6.45, 7) is 4.94. The molecule has 2 saturated heterocycles. The van der Waals surface area contributed by atoms with Gasteiger partial charge >= 0.3 is 12.2 Å². The van der Waals surface area contributed by atoms with Gasteiger partial charge in [0.25, 0.3) is 0 Å². The van der Waals surface area contributed by atoms with Gasteiger partial charge in [-0.2, -0.15) is 0 Å². The molecule has 0 aromatic carbocycles. The molecule has 15 heavy (non-hydrogen) atoms. The summed E-state index contributed by atoms with van der Waals surface area (Å²) in [4.78, 5) is 23.7. The zero-order valence-electron chi connectivity index (χ0n) is 8.19. The lowest BCUT2D eigenvalue weighted by Crippen LogP contribution is -2.61. The smallest absolute Gasteiger partial charge is 0.420 e. The average molecular weight is 212 g/mol. The molecule has 2 rings (SSSR count). The van der Waals surface area contributed by atoms with Gasteiger partial charge in [0.1, 0.15) is 6.61 Å². The van der Waals surface area contributed by atoms with Crippen LogP contribution in [0.1, 0.15) is 0 Å². The number of carbonyl (C=O) groups is 2. The van der Waals surface area contributed by atoms with Crippen molar-refractivity contribution in [1.82, 2.24) is 10.2 Å². The van der Waals surface area contributed by atoms with Crippen LogP contribution in [0.4, 0.5) is 9.59 Å². The van der Waals surface area contributed by atoms with E-state index in [1.807, 2.05) is 0 Å². The lowest BCUT2D eigenvalue weighted by Gasteiger charge is -2.35. The second-order valence-corrected chi connectivity index (χ2v) is 3.61. The predicted octanol–water partition coefficient (Wildman–Crippen LogP) is 0.103. The Morgan fingerprint density at radius 2 is 2.47 bits per heavy atom. The Kier molecular flexibility index (Phi) is 2.36. The molecule has 1 N–H and O–H groups in total. The highest BCUT2D eigenvalue weighted by molar-refractivity contribution is 5.89. The van der Waals surface area contributed by atoms with E-state index in [9.17, 15) is 9.59 Å². The molecule has 2 aliphatic rings. The van der Waals surface area contributed by atoms with Crippen molar-refractivity contribution in [3.05, 3.63) is 12.7 Å². The summed E-state index contributed by atoms with van der Waals surface area (Å²) in [6.07, 6.45) is 0.134. The first-order valence-corrected chi connectivity index (χ1v) is 4.66. The first-order chi connectivity index (χ1) is 7.17. The molecule has 2 fully saturated rings. The summed E-state index contributed by atoms with van der Waals surface area (Å²) in [6, 6.07) is 0. The van der Waals surface area contributed by atoms with Gasteiger partial charge in [0.15, 0.2) is 5.60 Å². The molecule has 0 atom stereocenters. The summed E-state index contributed by atoms with van der Waals surface area (Å²) in [5.41, 5.74) is -0.524. The number of rotatable bonds is 2. The maximum absolute atomic E-state index is 11.4. The minimum atomic E-state index is -0.677. The Morgan fingerprint density at radius 3 is 2.93 bits per heavy atom. The first kappa shape index (κ1) is 9.97. The molecule has 0 aromatic rings. The number of amides is 2. The van der Waals surface area contributed by atoms with Gasteiger partial charge in [-0.25, -0.2) is 14.5 Å². The van der Waals surface area contributed by atoms with Crippen LogP contribution in [0.25, 0.3) is 0 Å². The van der Waals surface area contributed by atoms with Gasteiger partial charge < -0.3 is 14.8 Å². The van der Waals surface area contributed by atoms with E-state index in [-0.39, 0.29) is 13.2 Å². The van der Waals surface area contributed by atoms with E-state index in [0.717, 1.165) is 4.90 Å². The van der Waals surface area contributed by atoms with Crippen molar-refractivity contribution in [3.8, 4) is 0 Å². The number of carbonyl (C=O) groups excluding carboxylic acids is 2. The van der Waals surface area contributed by atoms with Gasteiger partial charge in [0, 0.05) is 13.1 Å². The van der Waals surface area contributed by atoms with Crippen molar-refractivity contribution in [1.29, 1.82) is 0 Å².